The Balaban J connectivity index is 0.000000365. The number of nitrogens with one attached hydrogen (secondary N) is 2. The maximum absolute atomic E-state index is 12.6. The van der Waals surface area contributed by atoms with Crippen LogP contribution in [0.2, 0.25) is 0 Å². The third kappa shape index (κ3) is 22.5. The Morgan fingerprint density at radius 3 is 1.06 bits per heavy atom. The first-order chi connectivity index (χ1) is 33.2. The normalized spacial score (nSPS) is 12.3. The van der Waals surface area contributed by atoms with Crippen LogP contribution in [0.25, 0.3) is 22.3 Å². The molecule has 0 fully saturated rings. The topological polar surface area (TPSA) is 304 Å². The van der Waals surface area contributed by atoms with Crippen molar-refractivity contribution in [2.45, 2.75) is 68.0 Å². The number of nitrogens with zero attached hydrogens (tertiary/aromatic N) is 9. The fourth-order valence-electron chi connectivity index (χ4n) is 6.83. The van der Waals surface area contributed by atoms with Crippen LogP contribution in [0.3, 0.4) is 0 Å². The molecular weight excluding hydrogens is 963 g/mol. The second-order valence-corrected chi connectivity index (χ2v) is 21.4. The molecule has 5 N–H and O–H groups in total. The molecule has 69 heavy (non-hydrogen) atoms. The van der Waals surface area contributed by atoms with Crippen molar-refractivity contribution in [2.75, 3.05) is 137 Å². The van der Waals surface area contributed by atoms with Gasteiger partial charge in [0.25, 0.3) is 11.1 Å². The first-order valence-electron chi connectivity index (χ1n) is 23.6. The van der Waals surface area contributed by atoms with E-state index in [0.29, 0.717) is 134 Å². The average Bonchev–Trinajstić information content (AvgIpc) is 3.94. The molecule has 25 nitrogen and oxygen atoms in total. The van der Waals surface area contributed by atoms with Crippen LogP contribution < -0.4 is 11.1 Å². The minimum absolute atomic E-state index is 0.0177. The third-order valence-corrected chi connectivity index (χ3v) is 16.1. The summed E-state index contributed by atoms with van der Waals surface area (Å²) in [5.74, 6) is 0. The summed E-state index contributed by atoms with van der Waals surface area (Å²) in [4.78, 5) is 50.8. The largest absolute Gasteiger partial charge is 0.395 e. The lowest BCUT2D eigenvalue weighted by Crippen LogP contribution is -2.33. The van der Waals surface area contributed by atoms with Gasteiger partial charge in [0, 0.05) is 65.4 Å². The highest BCUT2D eigenvalue weighted by atomic mass is 31.2. The zero-order valence-corrected chi connectivity index (χ0v) is 44.2. The number of hydrogen-bond donors (Lipinski definition) is 5. The molecular formula is C41H78N11O14P3. The smallest absolute Gasteiger partial charge is 0.331 e. The van der Waals surface area contributed by atoms with Gasteiger partial charge < -0.3 is 66.5 Å². The number of aliphatic hydroxyl groups excluding tert-OH is 3. The monoisotopic (exact) mass is 1040 g/mol. The van der Waals surface area contributed by atoms with Gasteiger partial charge in [-0.3, -0.25) is 33.1 Å². The maximum atomic E-state index is 12.6. The van der Waals surface area contributed by atoms with Crippen LogP contribution in [0.1, 0.15) is 54.9 Å². The minimum atomic E-state index is -3.13. The van der Waals surface area contributed by atoms with Crippen molar-refractivity contribution in [1.29, 1.82) is 0 Å². The van der Waals surface area contributed by atoms with E-state index in [0.717, 1.165) is 13.0 Å². The number of H-pyrrole nitrogens is 2. The number of aromatic amines is 2. The molecule has 0 atom stereocenters. The van der Waals surface area contributed by atoms with Crippen molar-refractivity contribution in [2.24, 2.45) is 0 Å². The molecule has 4 heterocycles. The van der Waals surface area contributed by atoms with Crippen molar-refractivity contribution in [3.63, 3.8) is 0 Å². The predicted octanol–water partition coefficient (Wildman–Crippen LogP) is 3.32. The molecule has 0 saturated heterocycles. The molecule has 0 aliphatic carbocycles. The fourth-order valence-corrected chi connectivity index (χ4v) is 11.8. The van der Waals surface area contributed by atoms with E-state index in [1.54, 1.807) is 49.5 Å². The van der Waals surface area contributed by atoms with Gasteiger partial charge in [0.2, 0.25) is 0 Å². The minimum Gasteiger partial charge on any atom is -0.395 e. The number of aromatic nitrogens is 8. The van der Waals surface area contributed by atoms with Crippen LogP contribution >= 0.6 is 22.8 Å². The van der Waals surface area contributed by atoms with Crippen LogP contribution in [0, 0.1) is 0 Å². The molecule has 0 aromatic carbocycles. The van der Waals surface area contributed by atoms with Gasteiger partial charge in [-0.2, -0.15) is 0 Å². The van der Waals surface area contributed by atoms with Gasteiger partial charge >= 0.3 is 22.8 Å². The van der Waals surface area contributed by atoms with Gasteiger partial charge in [0.05, 0.1) is 103 Å². The van der Waals surface area contributed by atoms with Crippen molar-refractivity contribution >= 4 is 45.1 Å². The molecule has 0 bridgehead atoms. The number of imidazole rings is 2. The number of aliphatic hydroxyl groups is 3. The van der Waals surface area contributed by atoms with Gasteiger partial charge in [-0.25, -0.2) is 19.9 Å². The Hall–Kier alpha value is -3.09. The van der Waals surface area contributed by atoms with Crippen LogP contribution in [-0.4, -0.2) is 206 Å². The summed E-state index contributed by atoms with van der Waals surface area (Å²) in [6.07, 6.45) is 7.70. The predicted molar refractivity (Wildman–Crippen MR) is 264 cm³/mol. The summed E-state index contributed by atoms with van der Waals surface area (Å²) in [7, 11) is -9.20. The Labute approximate surface area is 404 Å². The summed E-state index contributed by atoms with van der Waals surface area (Å²) in [5.41, 5.74) is 1.03. The molecule has 0 radical (unpaired) electrons. The lowest BCUT2D eigenvalue weighted by molar-refractivity contribution is 0.186. The Kier molecular flexibility index (Phi) is 30.8. The van der Waals surface area contributed by atoms with E-state index >= 15 is 0 Å². The van der Waals surface area contributed by atoms with E-state index < -0.39 is 22.8 Å². The van der Waals surface area contributed by atoms with Crippen LogP contribution in [-0.2, 0) is 53.9 Å². The lowest BCUT2D eigenvalue weighted by atomic mass is 10.4. The number of fused-ring (bicyclic) bond motifs is 2. The van der Waals surface area contributed by atoms with Crippen LogP contribution in [0.4, 0.5) is 0 Å². The molecule has 0 unspecified atom stereocenters. The second kappa shape index (κ2) is 34.3. The van der Waals surface area contributed by atoms with E-state index in [4.69, 9.17) is 32.2 Å². The number of rotatable bonds is 35. The summed E-state index contributed by atoms with van der Waals surface area (Å²) >= 11 is 0. The highest BCUT2D eigenvalue weighted by Gasteiger charge is 2.27. The second-order valence-electron chi connectivity index (χ2n) is 14.9. The molecule has 0 spiro atoms. The third-order valence-electron chi connectivity index (χ3n) is 9.94. The van der Waals surface area contributed by atoms with E-state index in [-0.39, 0.29) is 43.3 Å². The van der Waals surface area contributed by atoms with Gasteiger partial charge in [0.1, 0.15) is 0 Å². The summed E-state index contributed by atoms with van der Waals surface area (Å²) < 4.78 is 72.5. The Bertz CT molecular complexity index is 2090. The van der Waals surface area contributed by atoms with Crippen LogP contribution in [0.15, 0.2) is 34.9 Å². The molecule has 28 heteroatoms. The SMILES string of the molecule is CCCN(CCO)CCP(=O)(OCC)OCC.CCOP(=O)(CCN(CCO)CCn1cnc2c(=O)[nH]cnc21)OCC.CCOP(=O)(CCN(CCO)CCn1cnc2c(=O)[nH]cnc21)OCC. The quantitative estimate of drug-likeness (QED) is 0.0413. The summed E-state index contributed by atoms with van der Waals surface area (Å²) in [6.45, 7) is 21.0. The highest BCUT2D eigenvalue weighted by molar-refractivity contribution is 7.54. The maximum Gasteiger partial charge on any atom is 0.331 e. The van der Waals surface area contributed by atoms with Crippen LogP contribution in [0.5, 0.6) is 0 Å². The highest BCUT2D eigenvalue weighted by Crippen LogP contribution is 2.49. The zero-order valence-electron chi connectivity index (χ0n) is 41.5. The molecule has 0 aliphatic heterocycles. The standard InChI is InChI=1S/2C15H26N5O5P.C11H26NO4P/c2*1-3-24-26(23,25-4-2)10-8-19(7-9-21)5-6-20-12-18-13-14(20)16-11-17-15(13)22;1-4-7-12(8-10-13)9-11-17(14,15-5-2)16-6-3/h2*11-12,21H,3-10H2,1-2H3,(H,16,17,22);13H,4-11H2,1-3H3. The molecule has 0 amide bonds. The van der Waals surface area contributed by atoms with Gasteiger partial charge in [-0.05, 0) is 54.5 Å². The number of hydrogen-bond acceptors (Lipinski definition) is 21. The molecule has 0 saturated carbocycles. The van der Waals surface area contributed by atoms with E-state index in [1.165, 1.54) is 12.7 Å². The average molecular weight is 1040 g/mol. The molecule has 4 aromatic heterocycles. The molecule has 4 rings (SSSR count). The van der Waals surface area contributed by atoms with Crippen molar-refractivity contribution in [3.8, 4) is 0 Å². The Morgan fingerprint density at radius 2 is 0.783 bits per heavy atom. The summed E-state index contributed by atoms with van der Waals surface area (Å²) in [5, 5.41) is 27.5. The van der Waals surface area contributed by atoms with Crippen molar-refractivity contribution in [3.05, 3.63) is 46.0 Å². The molecule has 0 aliphatic rings. The van der Waals surface area contributed by atoms with E-state index in [2.05, 4.69) is 41.7 Å². The lowest BCUT2D eigenvalue weighted by Gasteiger charge is -2.24. The molecule has 396 valence electrons. The first kappa shape index (κ1) is 62.0. The van der Waals surface area contributed by atoms with Gasteiger partial charge in [-0.15, -0.1) is 0 Å². The van der Waals surface area contributed by atoms with E-state index in [9.17, 15) is 33.5 Å². The van der Waals surface area contributed by atoms with Gasteiger partial charge in [-0.1, -0.05) is 6.92 Å². The summed E-state index contributed by atoms with van der Waals surface area (Å²) in [6, 6.07) is 0. The fraction of sp³-hybridized carbons (Fsp3) is 0.756. The van der Waals surface area contributed by atoms with Crippen molar-refractivity contribution < 1.29 is 56.2 Å². The van der Waals surface area contributed by atoms with Crippen molar-refractivity contribution in [1.82, 2.24) is 53.7 Å². The Morgan fingerprint density at radius 1 is 0.478 bits per heavy atom. The first-order valence-corrected chi connectivity index (χ1v) is 28.8. The van der Waals surface area contributed by atoms with E-state index in [1.807, 2.05) is 23.6 Å². The zero-order chi connectivity index (χ0) is 51.1. The molecule has 4 aromatic rings. The van der Waals surface area contributed by atoms with Gasteiger partial charge in [0.15, 0.2) is 22.3 Å².